The lowest BCUT2D eigenvalue weighted by atomic mass is 9.87. The fourth-order valence-corrected chi connectivity index (χ4v) is 4.12. The number of nitrogens with one attached hydrogen (secondary N) is 3. The molecule has 0 unspecified atom stereocenters. The molecule has 3 aromatic carbocycles. The molecule has 0 aliphatic rings. The summed E-state index contributed by atoms with van der Waals surface area (Å²) in [6.45, 7) is 14.9. The first-order valence-electron chi connectivity index (χ1n) is 12.4. The van der Waals surface area contributed by atoms with Crippen LogP contribution in [0.15, 0.2) is 65.8 Å². The SMILES string of the molecule is Cc1cc(C)cc(Nc2nc(N/N=C/c3ccc(C(C)(C)C)cc3)nc(Nc3cc(C)cc(C)c3)n2)c1. The Morgan fingerprint density at radius 1 is 0.622 bits per heavy atom. The van der Waals surface area contributed by atoms with Crippen LogP contribution in [0.3, 0.4) is 0 Å². The molecule has 0 atom stereocenters. The van der Waals surface area contributed by atoms with Gasteiger partial charge in [-0.1, -0.05) is 57.2 Å². The predicted octanol–water partition coefficient (Wildman–Crippen LogP) is 7.34. The molecule has 0 saturated carbocycles. The number of hydrogen-bond donors (Lipinski definition) is 3. The molecule has 1 heterocycles. The van der Waals surface area contributed by atoms with Gasteiger partial charge in [0.2, 0.25) is 17.8 Å². The molecule has 4 rings (SSSR count). The quantitative estimate of drug-likeness (QED) is 0.184. The van der Waals surface area contributed by atoms with Crippen molar-refractivity contribution in [3.63, 3.8) is 0 Å². The fraction of sp³-hybridized carbons (Fsp3) is 0.267. The number of hydrogen-bond acceptors (Lipinski definition) is 7. The maximum atomic E-state index is 4.61. The molecule has 0 aliphatic heterocycles. The average molecular weight is 494 g/mol. The minimum atomic E-state index is 0.108. The third-order valence-corrected chi connectivity index (χ3v) is 5.75. The van der Waals surface area contributed by atoms with Crippen LogP contribution in [0.2, 0.25) is 0 Å². The summed E-state index contributed by atoms with van der Waals surface area (Å²) in [4.78, 5) is 13.7. The monoisotopic (exact) mass is 493 g/mol. The number of benzene rings is 3. The van der Waals surface area contributed by atoms with E-state index in [1.165, 1.54) is 5.56 Å². The fourth-order valence-electron chi connectivity index (χ4n) is 4.12. The number of hydrazone groups is 1. The highest BCUT2D eigenvalue weighted by Crippen LogP contribution is 2.23. The summed E-state index contributed by atoms with van der Waals surface area (Å²) in [7, 11) is 0. The number of aromatic nitrogens is 3. The van der Waals surface area contributed by atoms with Crippen LogP contribution in [0.5, 0.6) is 0 Å². The predicted molar refractivity (Wildman–Crippen MR) is 155 cm³/mol. The molecule has 0 amide bonds. The van der Waals surface area contributed by atoms with Crippen molar-refractivity contribution in [1.29, 1.82) is 0 Å². The van der Waals surface area contributed by atoms with Gasteiger partial charge in [0.25, 0.3) is 0 Å². The highest BCUT2D eigenvalue weighted by atomic mass is 15.4. The van der Waals surface area contributed by atoms with Crippen LogP contribution < -0.4 is 16.1 Å². The lowest BCUT2D eigenvalue weighted by molar-refractivity contribution is 0.590. The number of aryl methyl sites for hydroxylation is 4. The third kappa shape index (κ3) is 7.36. The van der Waals surface area contributed by atoms with Gasteiger partial charge in [-0.05, 0) is 90.8 Å². The number of anilines is 5. The van der Waals surface area contributed by atoms with Gasteiger partial charge in [-0.25, -0.2) is 5.43 Å². The summed E-state index contributed by atoms with van der Waals surface area (Å²) in [5, 5.41) is 11.0. The van der Waals surface area contributed by atoms with Crippen molar-refractivity contribution in [2.24, 2.45) is 5.10 Å². The van der Waals surface area contributed by atoms with Crippen molar-refractivity contribution in [2.75, 3.05) is 16.1 Å². The Morgan fingerprint density at radius 2 is 1.05 bits per heavy atom. The van der Waals surface area contributed by atoms with Crippen molar-refractivity contribution in [3.05, 3.63) is 94.0 Å². The second-order valence-electron chi connectivity index (χ2n) is 10.6. The molecule has 7 nitrogen and oxygen atoms in total. The number of rotatable bonds is 7. The van der Waals surface area contributed by atoms with Crippen LogP contribution in [0.25, 0.3) is 0 Å². The average Bonchev–Trinajstić information content (AvgIpc) is 2.77. The Labute approximate surface area is 219 Å². The second-order valence-corrected chi connectivity index (χ2v) is 10.6. The minimum absolute atomic E-state index is 0.108. The van der Waals surface area contributed by atoms with Gasteiger partial charge in [-0.3, -0.25) is 0 Å². The van der Waals surface area contributed by atoms with Crippen LogP contribution in [-0.2, 0) is 5.41 Å². The first kappa shape index (κ1) is 25.8. The highest BCUT2D eigenvalue weighted by Gasteiger charge is 2.12. The number of nitrogens with zero attached hydrogens (tertiary/aromatic N) is 4. The Morgan fingerprint density at radius 3 is 1.49 bits per heavy atom. The van der Waals surface area contributed by atoms with Crippen LogP contribution in [0.1, 0.15) is 54.2 Å². The van der Waals surface area contributed by atoms with E-state index in [2.05, 4.69) is 145 Å². The zero-order chi connectivity index (χ0) is 26.6. The van der Waals surface area contributed by atoms with Gasteiger partial charge < -0.3 is 10.6 Å². The van der Waals surface area contributed by atoms with Gasteiger partial charge in [-0.15, -0.1) is 0 Å². The van der Waals surface area contributed by atoms with Gasteiger partial charge in [0, 0.05) is 11.4 Å². The molecular weight excluding hydrogens is 458 g/mol. The summed E-state index contributed by atoms with van der Waals surface area (Å²) in [5.74, 6) is 1.16. The van der Waals surface area contributed by atoms with Crippen LogP contribution in [0.4, 0.5) is 29.2 Å². The van der Waals surface area contributed by atoms with E-state index in [1.807, 2.05) is 0 Å². The molecule has 0 saturated heterocycles. The third-order valence-electron chi connectivity index (χ3n) is 5.75. The zero-order valence-electron chi connectivity index (χ0n) is 22.6. The van der Waals surface area contributed by atoms with Crippen molar-refractivity contribution >= 4 is 35.4 Å². The Kier molecular flexibility index (Phi) is 7.53. The van der Waals surface area contributed by atoms with E-state index in [0.717, 1.165) is 39.2 Å². The molecule has 37 heavy (non-hydrogen) atoms. The standard InChI is InChI=1S/C30H35N7/c1-19-12-20(2)15-25(14-19)32-27-34-28(33-26-16-21(3)13-22(4)17-26)36-29(35-27)37-31-18-23-8-10-24(11-9-23)30(5,6)7/h8-18H,1-7H3,(H3,32,33,34,35,36,37)/b31-18+. The van der Waals surface area contributed by atoms with E-state index in [1.54, 1.807) is 6.21 Å². The highest BCUT2D eigenvalue weighted by molar-refractivity contribution is 5.80. The topological polar surface area (TPSA) is 87.1 Å². The van der Waals surface area contributed by atoms with Crippen LogP contribution in [0, 0.1) is 27.7 Å². The van der Waals surface area contributed by atoms with E-state index in [4.69, 9.17) is 0 Å². The van der Waals surface area contributed by atoms with Gasteiger partial charge in [0.1, 0.15) is 0 Å². The summed E-state index contributed by atoms with van der Waals surface area (Å²) >= 11 is 0. The zero-order valence-corrected chi connectivity index (χ0v) is 22.6. The maximum Gasteiger partial charge on any atom is 0.250 e. The maximum absolute atomic E-state index is 4.61. The largest absolute Gasteiger partial charge is 0.324 e. The lowest BCUT2D eigenvalue weighted by Gasteiger charge is -2.18. The Balaban J connectivity index is 1.59. The molecule has 4 aromatic rings. The van der Waals surface area contributed by atoms with Gasteiger partial charge >= 0.3 is 0 Å². The van der Waals surface area contributed by atoms with Crippen molar-refractivity contribution in [1.82, 2.24) is 15.0 Å². The van der Waals surface area contributed by atoms with E-state index in [-0.39, 0.29) is 5.41 Å². The normalized spacial score (nSPS) is 11.5. The second kappa shape index (κ2) is 10.8. The van der Waals surface area contributed by atoms with Crippen LogP contribution >= 0.6 is 0 Å². The molecule has 0 spiro atoms. The van der Waals surface area contributed by atoms with E-state index < -0.39 is 0 Å². The van der Waals surface area contributed by atoms with E-state index >= 15 is 0 Å². The van der Waals surface area contributed by atoms with Crippen molar-refractivity contribution < 1.29 is 0 Å². The van der Waals surface area contributed by atoms with E-state index in [0.29, 0.717) is 17.8 Å². The molecular formula is C30H35N7. The summed E-state index contributed by atoms with van der Waals surface area (Å²) in [5.41, 5.74) is 11.8. The first-order chi connectivity index (χ1) is 17.5. The van der Waals surface area contributed by atoms with Gasteiger partial charge in [0.05, 0.1) is 6.21 Å². The Hall–Kier alpha value is -4.26. The molecule has 1 aromatic heterocycles. The smallest absolute Gasteiger partial charge is 0.250 e. The minimum Gasteiger partial charge on any atom is -0.324 e. The Bertz CT molecular complexity index is 1310. The molecule has 3 N–H and O–H groups in total. The molecule has 0 fully saturated rings. The molecule has 0 aliphatic carbocycles. The van der Waals surface area contributed by atoms with Gasteiger partial charge in [0.15, 0.2) is 0 Å². The molecule has 7 heteroatoms. The van der Waals surface area contributed by atoms with Crippen molar-refractivity contribution in [3.8, 4) is 0 Å². The summed E-state index contributed by atoms with van der Waals surface area (Å²) < 4.78 is 0. The summed E-state index contributed by atoms with van der Waals surface area (Å²) in [6, 6.07) is 20.8. The van der Waals surface area contributed by atoms with Crippen molar-refractivity contribution in [2.45, 2.75) is 53.9 Å². The van der Waals surface area contributed by atoms with Crippen LogP contribution in [-0.4, -0.2) is 21.2 Å². The van der Waals surface area contributed by atoms with E-state index in [9.17, 15) is 0 Å². The van der Waals surface area contributed by atoms with Gasteiger partial charge in [-0.2, -0.15) is 20.1 Å². The molecule has 0 bridgehead atoms. The molecule has 190 valence electrons. The lowest BCUT2D eigenvalue weighted by Crippen LogP contribution is -2.10. The molecule has 0 radical (unpaired) electrons. The summed E-state index contributed by atoms with van der Waals surface area (Å²) in [6.07, 6.45) is 1.75. The first-order valence-corrected chi connectivity index (χ1v) is 12.4.